The van der Waals surface area contributed by atoms with Gasteiger partial charge in [0.1, 0.15) is 18.2 Å². The molecule has 2 aromatic rings. The van der Waals surface area contributed by atoms with E-state index in [1.807, 2.05) is 10.9 Å². The molecule has 1 atom stereocenters. The predicted octanol–water partition coefficient (Wildman–Crippen LogP) is 1.48. The summed E-state index contributed by atoms with van der Waals surface area (Å²) in [5.41, 5.74) is 3.17. The molecule has 2 aliphatic rings. The Labute approximate surface area is 123 Å². The highest BCUT2D eigenvalue weighted by molar-refractivity contribution is 5.51. The van der Waals surface area contributed by atoms with Gasteiger partial charge in [-0.1, -0.05) is 0 Å². The third-order valence-electron chi connectivity index (χ3n) is 4.42. The van der Waals surface area contributed by atoms with Crippen LogP contribution in [0.2, 0.25) is 0 Å². The Morgan fingerprint density at radius 2 is 2.24 bits per heavy atom. The van der Waals surface area contributed by atoms with Gasteiger partial charge in [0, 0.05) is 30.5 Å². The molecular weight excluding hydrogens is 264 g/mol. The number of fused-ring (bicyclic) bond motifs is 1. The number of aryl methyl sites for hydroxylation is 1. The molecule has 0 aromatic carbocycles. The molecular formula is C15H16N6. The molecule has 6 nitrogen and oxygen atoms in total. The van der Waals surface area contributed by atoms with Crippen LogP contribution in [0.4, 0.5) is 5.82 Å². The van der Waals surface area contributed by atoms with Crippen molar-refractivity contribution in [3.05, 3.63) is 35.5 Å². The quantitative estimate of drug-likeness (QED) is 0.833. The molecule has 1 aliphatic heterocycles. The van der Waals surface area contributed by atoms with Crippen LogP contribution < -0.4 is 4.90 Å². The zero-order chi connectivity index (χ0) is 14.2. The van der Waals surface area contributed by atoms with E-state index >= 15 is 0 Å². The summed E-state index contributed by atoms with van der Waals surface area (Å²) in [4.78, 5) is 11.2. The number of nitrogens with zero attached hydrogens (tertiary/aromatic N) is 6. The molecule has 3 heterocycles. The minimum atomic E-state index is 0.319. The van der Waals surface area contributed by atoms with Crippen molar-refractivity contribution in [3.63, 3.8) is 0 Å². The minimum Gasteiger partial charge on any atom is -0.354 e. The molecule has 21 heavy (non-hydrogen) atoms. The van der Waals surface area contributed by atoms with Crippen molar-refractivity contribution in [1.82, 2.24) is 19.7 Å². The van der Waals surface area contributed by atoms with Gasteiger partial charge in [0.15, 0.2) is 0 Å². The van der Waals surface area contributed by atoms with Crippen LogP contribution >= 0.6 is 0 Å². The Hall–Kier alpha value is -2.42. The van der Waals surface area contributed by atoms with E-state index in [4.69, 9.17) is 5.26 Å². The van der Waals surface area contributed by atoms with Crippen LogP contribution in [-0.2, 0) is 12.8 Å². The summed E-state index contributed by atoms with van der Waals surface area (Å²) >= 11 is 0. The number of hydrogen-bond acceptors (Lipinski definition) is 5. The standard InChI is InChI=1S/C15H16N6/c16-6-11-7-19-21(8-11)12-4-5-20(9-12)15-13-2-1-3-14(13)17-10-18-15/h7-8,10,12H,1-5,9H2. The average Bonchev–Trinajstić information content (AvgIpc) is 3.25. The molecule has 0 amide bonds. The average molecular weight is 280 g/mol. The van der Waals surface area contributed by atoms with Crippen LogP contribution in [0.15, 0.2) is 18.7 Å². The Morgan fingerprint density at radius 3 is 3.10 bits per heavy atom. The third-order valence-corrected chi connectivity index (χ3v) is 4.42. The summed E-state index contributed by atoms with van der Waals surface area (Å²) < 4.78 is 1.92. The van der Waals surface area contributed by atoms with Crippen LogP contribution in [0.3, 0.4) is 0 Å². The second-order valence-corrected chi connectivity index (χ2v) is 5.69. The molecule has 106 valence electrons. The summed E-state index contributed by atoms with van der Waals surface area (Å²) in [6.07, 6.45) is 9.53. The van der Waals surface area contributed by atoms with E-state index in [1.165, 1.54) is 17.7 Å². The zero-order valence-electron chi connectivity index (χ0n) is 11.7. The summed E-state index contributed by atoms with van der Waals surface area (Å²) in [5.74, 6) is 1.10. The first-order valence-electron chi connectivity index (χ1n) is 7.37. The fraction of sp³-hybridized carbons (Fsp3) is 0.467. The van der Waals surface area contributed by atoms with Gasteiger partial charge in [-0.15, -0.1) is 0 Å². The molecule has 6 heteroatoms. The molecule has 2 aromatic heterocycles. The Kier molecular flexibility index (Phi) is 2.85. The molecule has 1 unspecified atom stereocenters. The first-order valence-corrected chi connectivity index (χ1v) is 7.37. The Bertz CT molecular complexity index is 713. The van der Waals surface area contributed by atoms with Gasteiger partial charge in [-0.25, -0.2) is 9.97 Å². The van der Waals surface area contributed by atoms with E-state index in [1.54, 1.807) is 12.5 Å². The van der Waals surface area contributed by atoms with Crippen LogP contribution in [0.5, 0.6) is 0 Å². The summed E-state index contributed by atoms with van der Waals surface area (Å²) in [6, 6.07) is 2.45. The van der Waals surface area contributed by atoms with E-state index in [9.17, 15) is 0 Å². The van der Waals surface area contributed by atoms with Crippen molar-refractivity contribution >= 4 is 5.82 Å². The van der Waals surface area contributed by atoms with Crippen LogP contribution in [0.1, 0.15) is 35.7 Å². The molecule has 0 bridgehead atoms. The van der Waals surface area contributed by atoms with Crippen molar-refractivity contribution in [3.8, 4) is 6.07 Å². The van der Waals surface area contributed by atoms with Crippen molar-refractivity contribution in [2.24, 2.45) is 0 Å². The second-order valence-electron chi connectivity index (χ2n) is 5.69. The highest BCUT2D eigenvalue weighted by atomic mass is 15.3. The fourth-order valence-corrected chi connectivity index (χ4v) is 3.36. The summed E-state index contributed by atoms with van der Waals surface area (Å²) in [5, 5.41) is 13.2. The van der Waals surface area contributed by atoms with Crippen molar-refractivity contribution < 1.29 is 0 Å². The number of anilines is 1. The maximum absolute atomic E-state index is 8.90. The van der Waals surface area contributed by atoms with Crippen molar-refractivity contribution in [2.45, 2.75) is 31.7 Å². The summed E-state index contributed by atoms with van der Waals surface area (Å²) in [7, 11) is 0. The highest BCUT2D eigenvalue weighted by Gasteiger charge is 2.29. The minimum absolute atomic E-state index is 0.319. The topological polar surface area (TPSA) is 70.6 Å². The highest BCUT2D eigenvalue weighted by Crippen LogP contribution is 2.32. The van der Waals surface area contributed by atoms with E-state index in [0.29, 0.717) is 11.6 Å². The Morgan fingerprint density at radius 1 is 1.29 bits per heavy atom. The largest absolute Gasteiger partial charge is 0.354 e. The lowest BCUT2D eigenvalue weighted by Gasteiger charge is -2.20. The van der Waals surface area contributed by atoms with Gasteiger partial charge in [-0.2, -0.15) is 10.4 Å². The second kappa shape index (κ2) is 4.85. The molecule has 1 aliphatic carbocycles. The molecule has 0 spiro atoms. The number of rotatable bonds is 2. The maximum Gasteiger partial charge on any atom is 0.135 e. The fourth-order valence-electron chi connectivity index (χ4n) is 3.36. The van der Waals surface area contributed by atoms with Gasteiger partial charge >= 0.3 is 0 Å². The lowest BCUT2D eigenvalue weighted by molar-refractivity contribution is 0.494. The molecule has 0 N–H and O–H groups in total. The normalized spacial score (nSPS) is 20.5. The Balaban J connectivity index is 1.57. The van der Waals surface area contributed by atoms with E-state index in [2.05, 4.69) is 26.0 Å². The summed E-state index contributed by atoms with van der Waals surface area (Å²) in [6.45, 7) is 1.88. The van der Waals surface area contributed by atoms with Gasteiger partial charge in [0.05, 0.1) is 17.8 Å². The van der Waals surface area contributed by atoms with E-state index in [0.717, 1.165) is 38.2 Å². The molecule has 0 saturated carbocycles. The van der Waals surface area contributed by atoms with Gasteiger partial charge in [0.25, 0.3) is 0 Å². The zero-order valence-corrected chi connectivity index (χ0v) is 11.7. The molecule has 4 rings (SSSR count). The van der Waals surface area contributed by atoms with E-state index in [-0.39, 0.29) is 0 Å². The van der Waals surface area contributed by atoms with E-state index < -0.39 is 0 Å². The number of nitriles is 1. The van der Waals surface area contributed by atoms with Crippen LogP contribution in [0, 0.1) is 11.3 Å². The van der Waals surface area contributed by atoms with Crippen molar-refractivity contribution in [2.75, 3.05) is 18.0 Å². The third kappa shape index (κ3) is 2.05. The van der Waals surface area contributed by atoms with Crippen molar-refractivity contribution in [1.29, 1.82) is 5.26 Å². The van der Waals surface area contributed by atoms with Gasteiger partial charge in [-0.3, -0.25) is 4.68 Å². The first-order chi connectivity index (χ1) is 10.3. The van der Waals surface area contributed by atoms with Crippen LogP contribution in [-0.4, -0.2) is 32.8 Å². The van der Waals surface area contributed by atoms with Gasteiger partial charge in [0.2, 0.25) is 0 Å². The lowest BCUT2D eigenvalue weighted by atomic mass is 10.2. The van der Waals surface area contributed by atoms with Gasteiger partial charge < -0.3 is 4.90 Å². The maximum atomic E-state index is 8.90. The van der Waals surface area contributed by atoms with Gasteiger partial charge in [-0.05, 0) is 25.7 Å². The SMILES string of the molecule is N#Cc1cnn(C2CCN(c3ncnc4c3CCC4)C2)c1. The monoisotopic (exact) mass is 280 g/mol. The lowest BCUT2D eigenvalue weighted by Crippen LogP contribution is -2.23. The number of aromatic nitrogens is 4. The molecule has 0 radical (unpaired) electrons. The van der Waals surface area contributed by atoms with Crippen LogP contribution in [0.25, 0.3) is 0 Å². The molecule has 1 saturated heterocycles. The smallest absolute Gasteiger partial charge is 0.135 e. The first kappa shape index (κ1) is 12.3. The number of hydrogen-bond donors (Lipinski definition) is 0. The molecule has 1 fully saturated rings. The predicted molar refractivity (Wildman–Crippen MR) is 76.9 cm³/mol.